The van der Waals surface area contributed by atoms with Gasteiger partial charge in [0.15, 0.2) is 5.41 Å². The van der Waals surface area contributed by atoms with Crippen LogP contribution in [0.5, 0.6) is 0 Å². The molecule has 20 heavy (non-hydrogen) atoms. The fourth-order valence-electron chi connectivity index (χ4n) is 2.35. The Labute approximate surface area is 114 Å². The summed E-state index contributed by atoms with van der Waals surface area (Å²) in [5.74, 6) is -0.945. The van der Waals surface area contributed by atoms with Gasteiger partial charge in [-0.3, -0.25) is 9.48 Å². The van der Waals surface area contributed by atoms with Crippen molar-refractivity contribution >= 4 is 5.91 Å². The van der Waals surface area contributed by atoms with Crippen LogP contribution in [0, 0.1) is 5.41 Å². The average molecular weight is 290 g/mol. The molecule has 2 N–H and O–H groups in total. The number of aryl methyl sites for hydroxylation is 1. The third-order valence-corrected chi connectivity index (χ3v) is 3.59. The van der Waals surface area contributed by atoms with Crippen molar-refractivity contribution in [2.45, 2.75) is 19.0 Å². The highest BCUT2D eigenvalue weighted by molar-refractivity contribution is 5.84. The molecule has 0 aliphatic carbocycles. The molecule has 2 rings (SSSR count). The Kier molecular flexibility index (Phi) is 4.03. The van der Waals surface area contributed by atoms with E-state index in [1.807, 2.05) is 0 Å². The summed E-state index contributed by atoms with van der Waals surface area (Å²) < 4.78 is 40.9. The highest BCUT2D eigenvalue weighted by Crippen LogP contribution is 2.43. The summed E-state index contributed by atoms with van der Waals surface area (Å²) in [6.07, 6.45) is -0.892. The fraction of sp³-hybridized carbons (Fsp3) is 0.667. The Morgan fingerprint density at radius 3 is 2.85 bits per heavy atom. The number of hydrogen-bond donors (Lipinski definition) is 2. The number of hydrogen-bond acceptors (Lipinski definition) is 3. The standard InChI is InChI=1S/C12H17F3N4O/c1-19-7-9(6-18-19)2-4-17-10(20)11(12(13,14)15)3-5-16-8-11/h6-7,16H,2-5,8H2,1H3,(H,17,20). The van der Waals surface area contributed by atoms with Crippen molar-refractivity contribution in [3.8, 4) is 0 Å². The van der Waals surface area contributed by atoms with Gasteiger partial charge in [-0.2, -0.15) is 18.3 Å². The van der Waals surface area contributed by atoms with E-state index in [-0.39, 0.29) is 26.1 Å². The Morgan fingerprint density at radius 1 is 1.60 bits per heavy atom. The van der Waals surface area contributed by atoms with Gasteiger partial charge in [-0.15, -0.1) is 0 Å². The molecule has 1 saturated heterocycles. The van der Waals surface area contributed by atoms with E-state index < -0.39 is 17.5 Å². The molecule has 1 aliphatic rings. The third-order valence-electron chi connectivity index (χ3n) is 3.59. The summed E-state index contributed by atoms with van der Waals surface area (Å²) in [6, 6.07) is 0. The number of halogens is 3. The molecule has 0 saturated carbocycles. The molecule has 1 aliphatic heterocycles. The quantitative estimate of drug-likeness (QED) is 0.855. The van der Waals surface area contributed by atoms with Gasteiger partial charge in [-0.05, 0) is 24.9 Å². The summed E-state index contributed by atoms with van der Waals surface area (Å²) in [4.78, 5) is 11.9. The number of amides is 1. The van der Waals surface area contributed by atoms with Crippen LogP contribution in [0.2, 0.25) is 0 Å². The summed E-state index contributed by atoms with van der Waals surface area (Å²) in [5, 5.41) is 8.97. The molecular formula is C12H17F3N4O. The maximum Gasteiger partial charge on any atom is 0.404 e. The zero-order chi connectivity index (χ0) is 14.8. The van der Waals surface area contributed by atoms with Crippen LogP contribution in [0.4, 0.5) is 13.2 Å². The monoisotopic (exact) mass is 290 g/mol. The van der Waals surface area contributed by atoms with Crippen molar-refractivity contribution in [2.24, 2.45) is 12.5 Å². The van der Waals surface area contributed by atoms with Gasteiger partial charge in [0.05, 0.1) is 6.20 Å². The van der Waals surface area contributed by atoms with Crippen molar-refractivity contribution in [3.63, 3.8) is 0 Å². The van der Waals surface area contributed by atoms with Gasteiger partial charge in [0, 0.05) is 26.3 Å². The molecule has 8 heteroatoms. The molecule has 0 spiro atoms. The summed E-state index contributed by atoms with van der Waals surface area (Å²) in [5.41, 5.74) is -1.42. The van der Waals surface area contributed by atoms with Gasteiger partial charge in [-0.1, -0.05) is 0 Å². The van der Waals surface area contributed by atoms with E-state index in [1.54, 1.807) is 24.1 Å². The lowest BCUT2D eigenvalue weighted by Gasteiger charge is -2.29. The summed E-state index contributed by atoms with van der Waals surface area (Å²) >= 11 is 0. The molecule has 1 atom stereocenters. The van der Waals surface area contributed by atoms with Crippen molar-refractivity contribution in [2.75, 3.05) is 19.6 Å². The van der Waals surface area contributed by atoms with Crippen LogP contribution in [-0.4, -0.2) is 41.5 Å². The van der Waals surface area contributed by atoms with E-state index in [0.717, 1.165) is 5.56 Å². The third kappa shape index (κ3) is 2.79. The van der Waals surface area contributed by atoms with Gasteiger partial charge < -0.3 is 10.6 Å². The van der Waals surface area contributed by atoms with E-state index >= 15 is 0 Å². The predicted molar refractivity (Wildman–Crippen MR) is 65.9 cm³/mol. The van der Waals surface area contributed by atoms with Gasteiger partial charge in [0.2, 0.25) is 5.91 Å². The number of aromatic nitrogens is 2. The molecule has 1 aromatic heterocycles. The number of nitrogens with one attached hydrogen (secondary N) is 2. The van der Waals surface area contributed by atoms with E-state index in [2.05, 4.69) is 15.7 Å². The van der Waals surface area contributed by atoms with Crippen LogP contribution >= 0.6 is 0 Å². The van der Waals surface area contributed by atoms with Gasteiger partial charge in [0.25, 0.3) is 0 Å². The molecule has 0 bridgehead atoms. The lowest BCUT2D eigenvalue weighted by atomic mass is 9.85. The summed E-state index contributed by atoms with van der Waals surface area (Å²) in [6.45, 7) is 0.0210. The molecule has 112 valence electrons. The van der Waals surface area contributed by atoms with Crippen LogP contribution in [0.1, 0.15) is 12.0 Å². The van der Waals surface area contributed by atoms with E-state index in [9.17, 15) is 18.0 Å². The Hall–Kier alpha value is -1.57. The van der Waals surface area contributed by atoms with Crippen LogP contribution in [0.25, 0.3) is 0 Å². The van der Waals surface area contributed by atoms with Crippen LogP contribution < -0.4 is 10.6 Å². The Bertz CT molecular complexity index is 477. The summed E-state index contributed by atoms with van der Waals surface area (Å²) in [7, 11) is 1.75. The molecule has 1 fully saturated rings. The molecule has 2 heterocycles. The number of alkyl halides is 3. The number of nitrogens with zero attached hydrogens (tertiary/aromatic N) is 2. The molecule has 0 aromatic carbocycles. The maximum absolute atomic E-state index is 13.1. The van der Waals surface area contributed by atoms with E-state index in [0.29, 0.717) is 6.42 Å². The number of carbonyl (C=O) groups is 1. The first-order valence-electron chi connectivity index (χ1n) is 6.38. The molecular weight excluding hydrogens is 273 g/mol. The first-order chi connectivity index (χ1) is 9.35. The molecule has 5 nitrogen and oxygen atoms in total. The lowest BCUT2D eigenvalue weighted by Crippen LogP contribution is -2.52. The lowest BCUT2D eigenvalue weighted by molar-refractivity contribution is -0.215. The first kappa shape index (κ1) is 14.8. The van der Waals surface area contributed by atoms with Crippen molar-refractivity contribution in [1.82, 2.24) is 20.4 Å². The van der Waals surface area contributed by atoms with E-state index in [4.69, 9.17) is 0 Å². The van der Waals surface area contributed by atoms with Crippen molar-refractivity contribution in [1.29, 1.82) is 0 Å². The molecule has 1 amide bonds. The van der Waals surface area contributed by atoms with Crippen molar-refractivity contribution in [3.05, 3.63) is 18.0 Å². The van der Waals surface area contributed by atoms with E-state index in [1.165, 1.54) is 0 Å². The van der Waals surface area contributed by atoms with Gasteiger partial charge in [0.1, 0.15) is 0 Å². The zero-order valence-electron chi connectivity index (χ0n) is 11.1. The Balaban J connectivity index is 1.93. The second-order valence-corrected chi connectivity index (χ2v) is 5.03. The molecule has 1 unspecified atom stereocenters. The minimum Gasteiger partial charge on any atom is -0.355 e. The fourth-order valence-corrected chi connectivity index (χ4v) is 2.35. The highest BCUT2D eigenvalue weighted by atomic mass is 19.4. The maximum atomic E-state index is 13.1. The molecule has 0 radical (unpaired) electrons. The largest absolute Gasteiger partial charge is 0.404 e. The smallest absolute Gasteiger partial charge is 0.355 e. The predicted octanol–water partition coefficient (Wildman–Crippen LogP) is 0.621. The second-order valence-electron chi connectivity index (χ2n) is 5.03. The number of rotatable bonds is 4. The normalized spacial score (nSPS) is 23.0. The Morgan fingerprint density at radius 2 is 2.35 bits per heavy atom. The van der Waals surface area contributed by atoms with Crippen LogP contribution in [-0.2, 0) is 18.3 Å². The van der Waals surface area contributed by atoms with Gasteiger partial charge >= 0.3 is 6.18 Å². The van der Waals surface area contributed by atoms with Crippen LogP contribution in [0.3, 0.4) is 0 Å². The zero-order valence-corrected chi connectivity index (χ0v) is 11.1. The minimum absolute atomic E-state index is 0.169. The SMILES string of the molecule is Cn1cc(CCNC(=O)C2(C(F)(F)F)CCNC2)cn1. The number of carbonyl (C=O) groups excluding carboxylic acids is 1. The second kappa shape index (κ2) is 5.43. The molecule has 1 aromatic rings. The minimum atomic E-state index is -4.53. The van der Waals surface area contributed by atoms with Crippen molar-refractivity contribution < 1.29 is 18.0 Å². The topological polar surface area (TPSA) is 59.0 Å². The first-order valence-corrected chi connectivity index (χ1v) is 6.38. The van der Waals surface area contributed by atoms with Gasteiger partial charge in [-0.25, -0.2) is 0 Å². The highest BCUT2D eigenvalue weighted by Gasteiger charge is 2.61. The van der Waals surface area contributed by atoms with Crippen LogP contribution in [0.15, 0.2) is 12.4 Å². The average Bonchev–Trinajstić information content (AvgIpc) is 2.97.